The minimum Gasteiger partial charge on any atom is -0.444 e. The predicted molar refractivity (Wildman–Crippen MR) is 85.8 cm³/mol. The number of rotatable bonds is 6. The van der Waals surface area contributed by atoms with E-state index in [2.05, 4.69) is 35.7 Å². The molecule has 0 amide bonds. The molecule has 5 heteroatoms. The van der Waals surface area contributed by atoms with Crippen molar-refractivity contribution in [1.82, 2.24) is 14.8 Å². The molecule has 0 bridgehead atoms. The molecule has 0 unspecified atom stereocenters. The number of nitrogens with zero attached hydrogens (tertiary/aromatic N) is 3. The number of hydrogen-bond acceptors (Lipinski definition) is 5. The van der Waals surface area contributed by atoms with Gasteiger partial charge in [0.05, 0.1) is 19.3 Å². The fourth-order valence-electron chi connectivity index (χ4n) is 3.44. The van der Waals surface area contributed by atoms with Crippen molar-refractivity contribution in [3.05, 3.63) is 17.8 Å². The summed E-state index contributed by atoms with van der Waals surface area (Å²) in [5.41, 5.74) is 0. The molecule has 2 saturated heterocycles. The summed E-state index contributed by atoms with van der Waals surface area (Å²) in [5.74, 6) is 2.97. The zero-order valence-corrected chi connectivity index (χ0v) is 14.1. The lowest BCUT2D eigenvalue weighted by Gasteiger charge is -2.24. The molecule has 124 valence electrons. The summed E-state index contributed by atoms with van der Waals surface area (Å²) in [7, 11) is 2.19. The van der Waals surface area contributed by atoms with Gasteiger partial charge in [0.2, 0.25) is 5.89 Å². The highest BCUT2D eigenvalue weighted by atomic mass is 16.5. The monoisotopic (exact) mass is 307 g/mol. The van der Waals surface area contributed by atoms with Crippen molar-refractivity contribution < 1.29 is 9.15 Å². The van der Waals surface area contributed by atoms with Gasteiger partial charge in [-0.1, -0.05) is 13.8 Å². The van der Waals surface area contributed by atoms with E-state index in [-0.39, 0.29) is 0 Å². The van der Waals surface area contributed by atoms with Gasteiger partial charge in [0.1, 0.15) is 5.76 Å². The first-order chi connectivity index (χ1) is 10.6. The Hall–Kier alpha value is -0.910. The molecule has 1 aromatic heterocycles. The molecule has 0 aromatic carbocycles. The summed E-state index contributed by atoms with van der Waals surface area (Å²) in [6.45, 7) is 10.5. The van der Waals surface area contributed by atoms with Gasteiger partial charge in [0.25, 0.3) is 0 Å². The van der Waals surface area contributed by atoms with Gasteiger partial charge in [-0.2, -0.15) is 0 Å². The lowest BCUT2D eigenvalue weighted by atomic mass is 10.1. The quantitative estimate of drug-likeness (QED) is 0.807. The second-order valence-electron chi connectivity index (χ2n) is 7.16. The number of likely N-dealkylation sites (tertiary alicyclic amines) is 1. The highest BCUT2D eigenvalue weighted by Crippen LogP contribution is 2.21. The molecule has 22 heavy (non-hydrogen) atoms. The van der Waals surface area contributed by atoms with Gasteiger partial charge in [0, 0.05) is 31.7 Å². The van der Waals surface area contributed by atoms with E-state index in [0.717, 1.165) is 43.9 Å². The SMILES string of the molecule is CC(C)c1cnc(CN(C)[C@H]2CCN(C[C@@H]3CCOC3)C2)o1. The van der Waals surface area contributed by atoms with Crippen LogP contribution in [0.3, 0.4) is 0 Å². The van der Waals surface area contributed by atoms with Gasteiger partial charge < -0.3 is 14.1 Å². The summed E-state index contributed by atoms with van der Waals surface area (Å²) in [4.78, 5) is 9.40. The van der Waals surface area contributed by atoms with Crippen molar-refractivity contribution in [3.8, 4) is 0 Å². The Morgan fingerprint density at radius 1 is 1.41 bits per heavy atom. The molecule has 5 nitrogen and oxygen atoms in total. The van der Waals surface area contributed by atoms with E-state index in [1.54, 1.807) is 0 Å². The second kappa shape index (κ2) is 7.11. The van der Waals surface area contributed by atoms with Crippen LogP contribution in [0.15, 0.2) is 10.6 Å². The number of oxazole rings is 1. The molecule has 2 atom stereocenters. The van der Waals surface area contributed by atoms with Crippen LogP contribution in [0.4, 0.5) is 0 Å². The fourth-order valence-corrected chi connectivity index (χ4v) is 3.44. The van der Waals surface area contributed by atoms with Crippen LogP contribution in [0.5, 0.6) is 0 Å². The molecule has 2 aliphatic heterocycles. The Kier molecular flexibility index (Phi) is 5.16. The summed E-state index contributed by atoms with van der Waals surface area (Å²) in [6, 6.07) is 0.608. The lowest BCUT2D eigenvalue weighted by molar-refractivity contribution is 0.167. The molecule has 0 radical (unpaired) electrons. The van der Waals surface area contributed by atoms with Gasteiger partial charge in [-0.3, -0.25) is 4.90 Å². The molecule has 0 aliphatic carbocycles. The molecule has 0 spiro atoms. The first kappa shape index (κ1) is 16.0. The van der Waals surface area contributed by atoms with Crippen molar-refractivity contribution in [2.24, 2.45) is 5.92 Å². The van der Waals surface area contributed by atoms with Crippen molar-refractivity contribution in [1.29, 1.82) is 0 Å². The van der Waals surface area contributed by atoms with Crippen LogP contribution >= 0.6 is 0 Å². The summed E-state index contributed by atoms with van der Waals surface area (Å²) in [6.07, 6.45) is 4.34. The van der Waals surface area contributed by atoms with E-state index in [1.165, 1.54) is 25.9 Å². The minimum absolute atomic E-state index is 0.405. The van der Waals surface area contributed by atoms with Crippen LogP contribution in [0.2, 0.25) is 0 Å². The maximum Gasteiger partial charge on any atom is 0.208 e. The van der Waals surface area contributed by atoms with Crippen LogP contribution in [-0.2, 0) is 11.3 Å². The Morgan fingerprint density at radius 2 is 2.27 bits per heavy atom. The molecule has 3 rings (SSSR count). The van der Waals surface area contributed by atoms with Gasteiger partial charge in [0.15, 0.2) is 0 Å². The van der Waals surface area contributed by atoms with Gasteiger partial charge in [-0.05, 0) is 32.4 Å². The Balaban J connectivity index is 1.47. The number of ether oxygens (including phenoxy) is 1. The van der Waals surface area contributed by atoms with Crippen molar-refractivity contribution in [3.63, 3.8) is 0 Å². The highest BCUT2D eigenvalue weighted by Gasteiger charge is 2.29. The number of aromatic nitrogens is 1. The van der Waals surface area contributed by atoms with Crippen LogP contribution in [0, 0.1) is 5.92 Å². The van der Waals surface area contributed by atoms with Crippen molar-refractivity contribution in [2.45, 2.75) is 45.2 Å². The first-order valence-electron chi connectivity index (χ1n) is 8.56. The third kappa shape index (κ3) is 3.89. The summed E-state index contributed by atoms with van der Waals surface area (Å²) >= 11 is 0. The van der Waals surface area contributed by atoms with Gasteiger partial charge >= 0.3 is 0 Å². The zero-order chi connectivity index (χ0) is 15.5. The Bertz CT molecular complexity index is 468. The molecule has 0 N–H and O–H groups in total. The van der Waals surface area contributed by atoms with Crippen molar-refractivity contribution >= 4 is 0 Å². The maximum atomic E-state index is 5.83. The van der Waals surface area contributed by atoms with Crippen molar-refractivity contribution in [2.75, 3.05) is 39.9 Å². The molecule has 2 fully saturated rings. The van der Waals surface area contributed by atoms with Crippen LogP contribution in [-0.4, -0.2) is 60.7 Å². The first-order valence-corrected chi connectivity index (χ1v) is 8.56. The molecule has 3 heterocycles. The van der Waals surface area contributed by atoms with Crippen LogP contribution in [0.25, 0.3) is 0 Å². The van der Waals surface area contributed by atoms with E-state index >= 15 is 0 Å². The summed E-state index contributed by atoms with van der Waals surface area (Å²) in [5, 5.41) is 0. The van der Waals surface area contributed by atoms with E-state index in [0.29, 0.717) is 12.0 Å². The second-order valence-corrected chi connectivity index (χ2v) is 7.16. The summed E-state index contributed by atoms with van der Waals surface area (Å²) < 4.78 is 11.3. The smallest absolute Gasteiger partial charge is 0.208 e. The largest absolute Gasteiger partial charge is 0.444 e. The normalized spacial score (nSPS) is 26.6. The number of hydrogen-bond donors (Lipinski definition) is 0. The van der Waals surface area contributed by atoms with Gasteiger partial charge in [-0.25, -0.2) is 4.98 Å². The Morgan fingerprint density at radius 3 is 2.95 bits per heavy atom. The average Bonchev–Trinajstić information content (AvgIpc) is 3.19. The van der Waals surface area contributed by atoms with E-state index in [1.807, 2.05) is 6.20 Å². The molecule has 0 saturated carbocycles. The number of likely N-dealkylation sites (N-methyl/N-ethyl adjacent to an activating group) is 1. The lowest BCUT2D eigenvalue weighted by Crippen LogP contribution is -2.35. The van der Waals surface area contributed by atoms with Crippen LogP contribution in [0.1, 0.15) is 44.3 Å². The Labute approximate surface area is 133 Å². The zero-order valence-electron chi connectivity index (χ0n) is 14.1. The molecule has 1 aromatic rings. The fraction of sp³-hybridized carbons (Fsp3) is 0.824. The minimum atomic E-state index is 0.405. The molecule has 2 aliphatic rings. The highest BCUT2D eigenvalue weighted by molar-refractivity contribution is 4.99. The molecular weight excluding hydrogens is 278 g/mol. The third-order valence-electron chi connectivity index (χ3n) is 4.94. The maximum absolute atomic E-state index is 5.83. The van der Waals surface area contributed by atoms with E-state index in [9.17, 15) is 0 Å². The molecular formula is C17H29N3O2. The van der Waals surface area contributed by atoms with Crippen LogP contribution < -0.4 is 0 Å². The third-order valence-corrected chi connectivity index (χ3v) is 4.94. The van der Waals surface area contributed by atoms with E-state index < -0.39 is 0 Å². The van der Waals surface area contributed by atoms with Gasteiger partial charge in [-0.15, -0.1) is 0 Å². The predicted octanol–water partition coefficient (Wildman–Crippen LogP) is 2.34. The average molecular weight is 307 g/mol. The van der Waals surface area contributed by atoms with E-state index in [4.69, 9.17) is 9.15 Å². The standard InChI is InChI=1S/C17H29N3O2/c1-13(2)16-8-18-17(22-16)11-19(3)15-4-6-20(10-15)9-14-5-7-21-12-14/h8,13-15H,4-7,9-12H2,1-3H3/t14-,15-/m0/s1. The topological polar surface area (TPSA) is 41.7 Å².